The lowest BCUT2D eigenvalue weighted by atomic mass is 9.94. The Balaban J connectivity index is 1.82. The lowest BCUT2D eigenvalue weighted by Gasteiger charge is -2.36. The molecule has 1 aliphatic rings. The zero-order valence-electron chi connectivity index (χ0n) is 10.9. The van der Waals surface area contributed by atoms with Gasteiger partial charge in [0.1, 0.15) is 0 Å². The first kappa shape index (κ1) is 13.7. The number of hydrogen-bond acceptors (Lipinski definition) is 4. The lowest BCUT2D eigenvalue weighted by Crippen LogP contribution is -2.59. The second kappa shape index (κ2) is 5.50. The highest BCUT2D eigenvalue weighted by Gasteiger charge is 2.36. The van der Waals surface area contributed by atoms with E-state index in [1.165, 1.54) is 0 Å². The molecule has 1 aromatic rings. The van der Waals surface area contributed by atoms with Crippen molar-refractivity contribution in [2.45, 2.75) is 25.3 Å². The van der Waals surface area contributed by atoms with Crippen LogP contribution >= 0.6 is 0 Å². The van der Waals surface area contributed by atoms with Crippen molar-refractivity contribution in [3.05, 3.63) is 35.4 Å². The van der Waals surface area contributed by atoms with Crippen LogP contribution in [0.5, 0.6) is 0 Å². The maximum atomic E-state index is 11.7. The Morgan fingerprint density at radius 2 is 2.11 bits per heavy atom. The zero-order valence-corrected chi connectivity index (χ0v) is 10.9. The molecule has 2 amide bonds. The fraction of sp³-hybridized carbons (Fsp3) is 0.429. The number of carbonyl (C=O) groups is 2. The van der Waals surface area contributed by atoms with Crippen LogP contribution in [-0.2, 0) is 20.7 Å². The summed E-state index contributed by atoms with van der Waals surface area (Å²) >= 11 is 0. The van der Waals surface area contributed by atoms with Crippen molar-refractivity contribution in [2.75, 3.05) is 13.2 Å². The highest BCUT2D eigenvalue weighted by molar-refractivity contribution is 5.96. The summed E-state index contributed by atoms with van der Waals surface area (Å²) in [6.07, 6.45) is 0.314. The summed E-state index contributed by atoms with van der Waals surface area (Å²) in [5.41, 5.74) is 7.23. The van der Waals surface area contributed by atoms with Crippen LogP contribution in [0, 0.1) is 6.92 Å². The van der Waals surface area contributed by atoms with E-state index in [1.807, 2.05) is 31.2 Å². The maximum Gasteiger partial charge on any atom is 0.230 e. The largest absolute Gasteiger partial charge is 0.377 e. The maximum absolute atomic E-state index is 11.7. The quantitative estimate of drug-likeness (QED) is 0.817. The second-order valence-corrected chi connectivity index (χ2v) is 5.17. The minimum Gasteiger partial charge on any atom is -0.377 e. The van der Waals surface area contributed by atoms with E-state index in [2.05, 4.69) is 5.32 Å². The number of amides is 2. The third-order valence-corrected chi connectivity index (χ3v) is 3.02. The van der Waals surface area contributed by atoms with Crippen molar-refractivity contribution >= 4 is 11.8 Å². The van der Waals surface area contributed by atoms with Gasteiger partial charge < -0.3 is 10.5 Å². The summed E-state index contributed by atoms with van der Waals surface area (Å²) in [6.45, 7) is 2.69. The first-order valence-corrected chi connectivity index (χ1v) is 6.22. The molecule has 0 unspecified atom stereocenters. The number of hydrogen-bond donors (Lipinski definition) is 2. The molecule has 0 spiro atoms. The molecule has 1 fully saturated rings. The lowest BCUT2D eigenvalue weighted by molar-refractivity contribution is -0.134. The van der Waals surface area contributed by atoms with Crippen molar-refractivity contribution in [2.24, 2.45) is 5.73 Å². The molecule has 2 rings (SSSR count). The number of imide groups is 1. The van der Waals surface area contributed by atoms with Gasteiger partial charge in [-0.15, -0.1) is 0 Å². The molecule has 0 radical (unpaired) electrons. The van der Waals surface area contributed by atoms with Crippen LogP contribution in [0.1, 0.15) is 17.5 Å². The van der Waals surface area contributed by atoms with Crippen molar-refractivity contribution < 1.29 is 14.3 Å². The molecule has 0 aromatic heterocycles. The van der Waals surface area contributed by atoms with Gasteiger partial charge in [-0.3, -0.25) is 14.9 Å². The van der Waals surface area contributed by atoms with E-state index in [9.17, 15) is 9.59 Å². The van der Waals surface area contributed by atoms with Crippen LogP contribution in [0.25, 0.3) is 0 Å². The molecule has 1 aromatic carbocycles. The van der Waals surface area contributed by atoms with Gasteiger partial charge in [0.15, 0.2) is 0 Å². The van der Waals surface area contributed by atoms with Gasteiger partial charge >= 0.3 is 0 Å². The number of ether oxygens (including phenoxy) is 1. The molecule has 1 aliphatic heterocycles. The normalized spacial score (nSPS) is 16.5. The monoisotopic (exact) mass is 262 g/mol. The minimum absolute atomic E-state index is 0.118. The molecule has 0 bridgehead atoms. The molecule has 0 saturated carbocycles. The number of carbonyl (C=O) groups excluding carboxylic acids is 2. The Bertz CT molecular complexity index is 495. The van der Waals surface area contributed by atoms with E-state index < -0.39 is 5.54 Å². The first-order valence-electron chi connectivity index (χ1n) is 6.22. The van der Waals surface area contributed by atoms with Crippen LogP contribution in [0.2, 0.25) is 0 Å². The molecule has 102 valence electrons. The SMILES string of the molecule is Cc1cccc(CC(=O)NC(=O)CC2(N)COC2)c1. The van der Waals surface area contributed by atoms with Gasteiger partial charge in [0.05, 0.1) is 25.2 Å². The van der Waals surface area contributed by atoms with Gasteiger partial charge in [-0.25, -0.2) is 0 Å². The van der Waals surface area contributed by atoms with Crippen LogP contribution in [0.4, 0.5) is 0 Å². The van der Waals surface area contributed by atoms with E-state index >= 15 is 0 Å². The van der Waals surface area contributed by atoms with Gasteiger partial charge in [-0.1, -0.05) is 29.8 Å². The number of nitrogens with two attached hydrogens (primary N) is 1. The molecule has 3 N–H and O–H groups in total. The molecule has 0 aliphatic carbocycles. The summed E-state index contributed by atoms with van der Waals surface area (Å²) in [6, 6.07) is 7.64. The Labute approximate surface area is 112 Å². The molecule has 1 heterocycles. The summed E-state index contributed by atoms with van der Waals surface area (Å²) in [7, 11) is 0. The predicted molar refractivity (Wildman–Crippen MR) is 70.4 cm³/mol. The van der Waals surface area contributed by atoms with Crippen molar-refractivity contribution in [1.29, 1.82) is 0 Å². The number of rotatable bonds is 4. The van der Waals surface area contributed by atoms with Crippen LogP contribution in [0.3, 0.4) is 0 Å². The average molecular weight is 262 g/mol. The Hall–Kier alpha value is -1.72. The van der Waals surface area contributed by atoms with Gasteiger partial charge in [-0.05, 0) is 12.5 Å². The number of nitrogens with one attached hydrogen (secondary N) is 1. The van der Waals surface area contributed by atoms with E-state index in [-0.39, 0.29) is 24.7 Å². The summed E-state index contributed by atoms with van der Waals surface area (Å²) in [4.78, 5) is 23.4. The van der Waals surface area contributed by atoms with E-state index in [4.69, 9.17) is 10.5 Å². The Morgan fingerprint density at radius 3 is 2.68 bits per heavy atom. The zero-order chi connectivity index (χ0) is 13.9. The fourth-order valence-electron chi connectivity index (χ4n) is 2.04. The summed E-state index contributed by atoms with van der Waals surface area (Å²) in [5.74, 6) is -0.650. The second-order valence-electron chi connectivity index (χ2n) is 5.17. The topological polar surface area (TPSA) is 81.4 Å². The summed E-state index contributed by atoms with van der Waals surface area (Å²) in [5, 5.41) is 2.36. The van der Waals surface area contributed by atoms with Crippen molar-refractivity contribution in [3.63, 3.8) is 0 Å². The standard InChI is InChI=1S/C14H18N2O3/c1-10-3-2-4-11(5-10)6-12(17)16-13(18)7-14(15)8-19-9-14/h2-5H,6-9,15H2,1H3,(H,16,17,18). The number of aryl methyl sites for hydroxylation is 1. The van der Waals surface area contributed by atoms with Crippen molar-refractivity contribution in [3.8, 4) is 0 Å². The van der Waals surface area contributed by atoms with Crippen LogP contribution < -0.4 is 11.1 Å². The van der Waals surface area contributed by atoms with Crippen LogP contribution in [-0.4, -0.2) is 30.6 Å². The average Bonchev–Trinajstić information content (AvgIpc) is 2.26. The van der Waals surface area contributed by atoms with Crippen LogP contribution in [0.15, 0.2) is 24.3 Å². The molecule has 5 nitrogen and oxygen atoms in total. The Kier molecular flexibility index (Phi) is 3.97. The highest BCUT2D eigenvalue weighted by Crippen LogP contribution is 2.17. The molecule has 19 heavy (non-hydrogen) atoms. The molecule has 5 heteroatoms. The highest BCUT2D eigenvalue weighted by atomic mass is 16.5. The number of benzene rings is 1. The minimum atomic E-state index is -0.603. The van der Waals surface area contributed by atoms with Gasteiger partial charge in [0, 0.05) is 6.42 Å². The predicted octanol–water partition coefficient (Wildman–Crippen LogP) is 0.298. The van der Waals surface area contributed by atoms with Crippen molar-refractivity contribution in [1.82, 2.24) is 5.32 Å². The van der Waals surface area contributed by atoms with Gasteiger partial charge in [-0.2, -0.15) is 0 Å². The molecule has 1 saturated heterocycles. The molecular weight excluding hydrogens is 244 g/mol. The van der Waals surface area contributed by atoms with E-state index in [0.29, 0.717) is 13.2 Å². The fourth-order valence-corrected chi connectivity index (χ4v) is 2.04. The first-order chi connectivity index (χ1) is 8.97. The Morgan fingerprint density at radius 1 is 1.37 bits per heavy atom. The van der Waals surface area contributed by atoms with Gasteiger partial charge in [0.2, 0.25) is 11.8 Å². The van der Waals surface area contributed by atoms with Gasteiger partial charge in [0.25, 0.3) is 0 Å². The molecular formula is C14H18N2O3. The van der Waals surface area contributed by atoms with E-state index in [1.54, 1.807) is 0 Å². The third kappa shape index (κ3) is 3.87. The van der Waals surface area contributed by atoms with E-state index in [0.717, 1.165) is 11.1 Å². The smallest absolute Gasteiger partial charge is 0.230 e. The summed E-state index contributed by atoms with van der Waals surface area (Å²) < 4.78 is 4.96. The third-order valence-electron chi connectivity index (χ3n) is 3.02. The molecule has 0 atom stereocenters.